The average Bonchev–Trinajstić information content (AvgIpc) is 3.31. The maximum Gasteiger partial charge on any atom is 0.416 e. The van der Waals surface area contributed by atoms with E-state index in [0.29, 0.717) is 10.6 Å². The molecule has 3 heterocycles. The number of thiazole rings is 1. The normalized spacial score (nSPS) is 15.3. The minimum atomic E-state index is -4.59. The van der Waals surface area contributed by atoms with E-state index in [1.165, 1.54) is 40.2 Å². The van der Waals surface area contributed by atoms with Crippen molar-refractivity contribution in [3.63, 3.8) is 0 Å². The van der Waals surface area contributed by atoms with Gasteiger partial charge in [-0.1, -0.05) is 6.07 Å². The van der Waals surface area contributed by atoms with Gasteiger partial charge in [0.25, 0.3) is 5.91 Å². The average molecular weight is 512 g/mol. The van der Waals surface area contributed by atoms with E-state index in [2.05, 4.69) is 15.3 Å². The van der Waals surface area contributed by atoms with Crippen molar-refractivity contribution < 1.29 is 26.4 Å². The second-order valence-corrected chi connectivity index (χ2v) is 10.4. The van der Waals surface area contributed by atoms with Crippen molar-refractivity contribution in [1.29, 1.82) is 0 Å². The lowest BCUT2D eigenvalue weighted by atomic mass is 10.1. The number of amides is 1. The van der Waals surface area contributed by atoms with Gasteiger partial charge in [0.05, 0.1) is 22.4 Å². The third-order valence-corrected chi connectivity index (χ3v) is 8.04. The molecular formula is C21H20F3N5O3S2. The van der Waals surface area contributed by atoms with Gasteiger partial charge in [-0.05, 0) is 30.3 Å². The number of pyridine rings is 1. The van der Waals surface area contributed by atoms with Gasteiger partial charge >= 0.3 is 6.18 Å². The largest absolute Gasteiger partial charge is 0.416 e. The maximum atomic E-state index is 13.3. The fraction of sp³-hybridized carbons (Fsp3) is 0.286. The molecule has 2 aromatic heterocycles. The molecule has 0 unspecified atom stereocenters. The summed E-state index contributed by atoms with van der Waals surface area (Å²) in [6, 6.07) is 7.78. The van der Waals surface area contributed by atoms with Crippen LogP contribution in [0.25, 0.3) is 0 Å². The quantitative estimate of drug-likeness (QED) is 0.545. The topological polar surface area (TPSA) is 95.5 Å². The Morgan fingerprint density at radius 1 is 1.12 bits per heavy atom. The SMILES string of the molecule is O=C(Nc1cc(C(F)(F)F)ccc1N1CCN(S(=O)(=O)Cc2cncs2)CC1)c1ccccn1. The summed E-state index contributed by atoms with van der Waals surface area (Å²) in [6.45, 7) is 0.824. The van der Waals surface area contributed by atoms with Gasteiger partial charge in [0, 0.05) is 43.4 Å². The first-order valence-corrected chi connectivity index (χ1v) is 12.7. The Labute approximate surface area is 198 Å². The molecule has 1 aromatic carbocycles. The van der Waals surface area contributed by atoms with Gasteiger partial charge in [0.2, 0.25) is 10.0 Å². The number of carbonyl (C=O) groups excluding carboxylic acids is 1. The van der Waals surface area contributed by atoms with Gasteiger partial charge in [-0.25, -0.2) is 8.42 Å². The third-order valence-electron chi connectivity index (χ3n) is 5.25. The van der Waals surface area contributed by atoms with E-state index < -0.39 is 27.7 Å². The van der Waals surface area contributed by atoms with Gasteiger partial charge in [-0.3, -0.25) is 14.8 Å². The first-order chi connectivity index (χ1) is 16.1. The van der Waals surface area contributed by atoms with Crippen LogP contribution in [-0.2, 0) is 22.0 Å². The van der Waals surface area contributed by atoms with E-state index in [-0.39, 0.29) is 43.3 Å². The van der Waals surface area contributed by atoms with Crippen LogP contribution in [0.3, 0.4) is 0 Å². The summed E-state index contributed by atoms with van der Waals surface area (Å²) in [6.07, 6.45) is -1.67. The summed E-state index contributed by atoms with van der Waals surface area (Å²) in [5, 5.41) is 2.53. The number of rotatable bonds is 6. The molecule has 0 atom stereocenters. The van der Waals surface area contributed by atoms with Crippen LogP contribution < -0.4 is 10.2 Å². The Morgan fingerprint density at radius 2 is 1.88 bits per heavy atom. The molecule has 1 aliphatic rings. The van der Waals surface area contributed by atoms with E-state index in [4.69, 9.17) is 0 Å². The molecular weight excluding hydrogens is 491 g/mol. The van der Waals surface area contributed by atoms with Crippen molar-refractivity contribution in [1.82, 2.24) is 14.3 Å². The van der Waals surface area contributed by atoms with Crippen molar-refractivity contribution >= 4 is 38.6 Å². The van der Waals surface area contributed by atoms with Crippen LogP contribution in [0.15, 0.2) is 54.3 Å². The van der Waals surface area contributed by atoms with Crippen molar-refractivity contribution in [2.24, 2.45) is 0 Å². The number of hydrogen-bond acceptors (Lipinski definition) is 7. The first-order valence-electron chi connectivity index (χ1n) is 10.2. The molecule has 1 aliphatic heterocycles. The molecule has 1 saturated heterocycles. The van der Waals surface area contributed by atoms with Crippen LogP contribution in [0.1, 0.15) is 20.9 Å². The number of nitrogens with one attached hydrogen (secondary N) is 1. The van der Waals surface area contributed by atoms with Crippen molar-refractivity contribution in [3.05, 3.63) is 70.4 Å². The summed E-state index contributed by atoms with van der Waals surface area (Å²) >= 11 is 1.26. The third kappa shape index (κ3) is 5.54. The molecule has 1 fully saturated rings. The van der Waals surface area contributed by atoms with E-state index >= 15 is 0 Å². The van der Waals surface area contributed by atoms with Crippen LogP contribution in [0.2, 0.25) is 0 Å². The van der Waals surface area contributed by atoms with Crippen LogP contribution in [-0.4, -0.2) is 54.8 Å². The molecule has 0 saturated carbocycles. The van der Waals surface area contributed by atoms with Gasteiger partial charge in [-0.2, -0.15) is 17.5 Å². The summed E-state index contributed by atoms with van der Waals surface area (Å²) in [4.78, 5) is 22.8. The molecule has 34 heavy (non-hydrogen) atoms. The number of halogens is 3. The molecule has 1 amide bonds. The minimum Gasteiger partial charge on any atom is -0.367 e. The second kappa shape index (κ2) is 9.68. The Kier molecular flexibility index (Phi) is 6.86. The van der Waals surface area contributed by atoms with E-state index in [9.17, 15) is 26.4 Å². The van der Waals surface area contributed by atoms with Gasteiger partial charge in [-0.15, -0.1) is 11.3 Å². The number of carbonyl (C=O) groups is 1. The molecule has 0 spiro atoms. The number of benzene rings is 1. The molecule has 0 bridgehead atoms. The highest BCUT2D eigenvalue weighted by molar-refractivity contribution is 7.88. The molecule has 0 aliphatic carbocycles. The van der Waals surface area contributed by atoms with Gasteiger partial charge < -0.3 is 10.2 Å². The lowest BCUT2D eigenvalue weighted by molar-refractivity contribution is -0.137. The lowest BCUT2D eigenvalue weighted by Crippen LogP contribution is -2.49. The number of anilines is 2. The van der Waals surface area contributed by atoms with Gasteiger partial charge in [0.1, 0.15) is 11.4 Å². The van der Waals surface area contributed by atoms with Crippen LogP contribution in [0, 0.1) is 0 Å². The molecule has 4 rings (SSSR count). The molecule has 8 nitrogen and oxygen atoms in total. The fourth-order valence-corrected chi connectivity index (χ4v) is 6.00. The van der Waals surface area contributed by atoms with Crippen LogP contribution in [0.4, 0.5) is 24.5 Å². The van der Waals surface area contributed by atoms with Crippen LogP contribution >= 0.6 is 11.3 Å². The highest BCUT2D eigenvalue weighted by Gasteiger charge is 2.33. The molecule has 13 heteroatoms. The molecule has 3 aromatic rings. The Balaban J connectivity index is 1.53. The number of piperazine rings is 1. The van der Waals surface area contributed by atoms with Gasteiger partial charge in [0.15, 0.2) is 0 Å². The number of hydrogen-bond donors (Lipinski definition) is 1. The Morgan fingerprint density at radius 3 is 2.50 bits per heavy atom. The number of alkyl halides is 3. The number of sulfonamides is 1. The number of aromatic nitrogens is 2. The van der Waals surface area contributed by atoms with Crippen molar-refractivity contribution in [2.75, 3.05) is 36.4 Å². The highest BCUT2D eigenvalue weighted by atomic mass is 32.2. The zero-order valence-corrected chi connectivity index (χ0v) is 19.3. The summed E-state index contributed by atoms with van der Waals surface area (Å²) in [5.74, 6) is -0.796. The zero-order valence-electron chi connectivity index (χ0n) is 17.7. The summed E-state index contributed by atoms with van der Waals surface area (Å²) in [7, 11) is -3.55. The maximum absolute atomic E-state index is 13.3. The smallest absolute Gasteiger partial charge is 0.367 e. The highest BCUT2D eigenvalue weighted by Crippen LogP contribution is 2.36. The first kappa shape index (κ1) is 24.1. The van der Waals surface area contributed by atoms with Crippen molar-refractivity contribution in [2.45, 2.75) is 11.9 Å². The Hall–Kier alpha value is -3.03. The summed E-state index contributed by atoms with van der Waals surface area (Å²) < 4.78 is 66.8. The lowest BCUT2D eigenvalue weighted by Gasteiger charge is -2.36. The monoisotopic (exact) mass is 511 g/mol. The van der Waals surface area contributed by atoms with Crippen molar-refractivity contribution in [3.8, 4) is 0 Å². The standard InChI is InChI=1S/C21H20F3N5O3S2/c22-21(23,24)15-4-5-19(18(11-15)27-20(30)17-3-1-2-6-26-17)28-7-9-29(10-8-28)34(31,32)13-16-12-25-14-33-16/h1-6,11-12,14H,7-10,13H2,(H,27,30). The predicted molar refractivity (Wildman–Crippen MR) is 122 cm³/mol. The fourth-order valence-electron chi connectivity index (χ4n) is 3.56. The second-order valence-electron chi connectivity index (χ2n) is 7.51. The Bertz CT molecular complexity index is 1240. The molecule has 180 valence electrons. The minimum absolute atomic E-state index is 0.0218. The van der Waals surface area contributed by atoms with Crippen LogP contribution in [0.5, 0.6) is 0 Å². The summed E-state index contributed by atoms with van der Waals surface area (Å²) in [5.41, 5.74) is 1.07. The molecule has 0 radical (unpaired) electrons. The van der Waals surface area contributed by atoms with E-state index in [1.54, 1.807) is 22.5 Å². The zero-order chi connectivity index (χ0) is 24.3. The molecule has 1 N–H and O–H groups in total. The predicted octanol–water partition coefficient (Wildman–Crippen LogP) is 3.46. The number of nitrogens with zero attached hydrogens (tertiary/aromatic N) is 4. The van der Waals surface area contributed by atoms with E-state index in [0.717, 1.165) is 12.1 Å². The van der Waals surface area contributed by atoms with E-state index in [1.807, 2.05) is 0 Å².